The molecule has 0 aliphatic carbocycles. The Morgan fingerprint density at radius 2 is 1.96 bits per heavy atom. The van der Waals surface area contributed by atoms with Gasteiger partial charge in [0, 0.05) is 6.08 Å². The molecule has 0 spiro atoms. The van der Waals surface area contributed by atoms with Gasteiger partial charge >= 0.3 is 5.97 Å². The van der Waals surface area contributed by atoms with E-state index in [-0.39, 0.29) is 0 Å². The van der Waals surface area contributed by atoms with Crippen LogP contribution in [-0.4, -0.2) is 44.3 Å². The Morgan fingerprint density at radius 1 is 1.29 bits per heavy atom. The summed E-state index contributed by atoms with van der Waals surface area (Å²) in [7, 11) is -1.90. The summed E-state index contributed by atoms with van der Waals surface area (Å²) < 4.78 is 17.0. The molecule has 0 saturated carbocycles. The SMILES string of the molecule is CCOC(=O)/C=C/[C@@H]1O[C@@H](c2ccccc2)[C@@H](O)[C@@H]1O[Si](C)(C)C. The Balaban J connectivity index is 2.20. The van der Waals surface area contributed by atoms with Crippen LogP contribution in [-0.2, 0) is 18.7 Å². The molecule has 132 valence electrons. The van der Waals surface area contributed by atoms with Crippen LogP contribution in [0.4, 0.5) is 0 Å². The maximum atomic E-state index is 11.6. The van der Waals surface area contributed by atoms with Crippen molar-refractivity contribution in [3.63, 3.8) is 0 Å². The smallest absolute Gasteiger partial charge is 0.330 e. The number of rotatable bonds is 6. The fraction of sp³-hybridized carbons (Fsp3) is 0.500. The topological polar surface area (TPSA) is 65.0 Å². The van der Waals surface area contributed by atoms with Crippen molar-refractivity contribution in [1.29, 1.82) is 0 Å². The highest BCUT2D eigenvalue weighted by atomic mass is 28.4. The van der Waals surface area contributed by atoms with Crippen LogP contribution in [0.1, 0.15) is 18.6 Å². The van der Waals surface area contributed by atoms with Crippen molar-refractivity contribution in [2.45, 2.75) is 51.0 Å². The lowest BCUT2D eigenvalue weighted by Crippen LogP contribution is -2.41. The molecule has 1 N–H and O–H groups in total. The first-order valence-electron chi connectivity index (χ1n) is 8.23. The number of aliphatic hydroxyl groups excluding tert-OH is 1. The second-order valence-electron chi connectivity index (χ2n) is 6.73. The van der Waals surface area contributed by atoms with Crippen LogP contribution in [0.2, 0.25) is 19.6 Å². The molecule has 1 aromatic rings. The van der Waals surface area contributed by atoms with Crippen molar-refractivity contribution >= 4 is 14.3 Å². The normalized spacial score (nSPS) is 27.5. The summed E-state index contributed by atoms with van der Waals surface area (Å²) in [4.78, 5) is 11.6. The molecular weight excluding hydrogens is 324 g/mol. The van der Waals surface area contributed by atoms with Gasteiger partial charge in [-0.3, -0.25) is 0 Å². The standard InChI is InChI=1S/C18H26O5Si/c1-5-21-15(19)12-11-14-18(23-24(2,3)4)16(20)17(22-14)13-9-7-6-8-10-13/h6-12,14,16-18,20H,5H2,1-4H3/b12-11+/t14-,16+,17-,18+/m0/s1. The third-order valence-corrected chi connectivity index (χ3v) is 4.58. The molecule has 1 heterocycles. The van der Waals surface area contributed by atoms with E-state index in [1.54, 1.807) is 13.0 Å². The van der Waals surface area contributed by atoms with E-state index in [1.165, 1.54) is 6.08 Å². The van der Waals surface area contributed by atoms with Crippen molar-refractivity contribution in [3.05, 3.63) is 48.0 Å². The van der Waals surface area contributed by atoms with Gasteiger partial charge in [-0.05, 0) is 38.2 Å². The van der Waals surface area contributed by atoms with Gasteiger partial charge in [0.1, 0.15) is 24.4 Å². The van der Waals surface area contributed by atoms with E-state index in [0.29, 0.717) is 6.61 Å². The van der Waals surface area contributed by atoms with Crippen LogP contribution in [0, 0.1) is 0 Å². The molecule has 1 aliphatic rings. The largest absolute Gasteiger partial charge is 0.463 e. The molecule has 0 amide bonds. The maximum absolute atomic E-state index is 11.6. The fourth-order valence-corrected chi connectivity index (χ4v) is 3.77. The Labute approximate surface area is 144 Å². The van der Waals surface area contributed by atoms with Gasteiger partial charge in [0.15, 0.2) is 8.32 Å². The van der Waals surface area contributed by atoms with Gasteiger partial charge in [-0.2, -0.15) is 0 Å². The number of hydrogen-bond acceptors (Lipinski definition) is 5. The van der Waals surface area contributed by atoms with Crippen LogP contribution >= 0.6 is 0 Å². The van der Waals surface area contributed by atoms with Crippen LogP contribution < -0.4 is 0 Å². The Kier molecular flexibility index (Phi) is 6.34. The molecule has 0 bridgehead atoms. The summed E-state index contributed by atoms with van der Waals surface area (Å²) >= 11 is 0. The molecule has 1 saturated heterocycles. The molecule has 2 rings (SSSR count). The van der Waals surface area contributed by atoms with Gasteiger partial charge in [-0.15, -0.1) is 0 Å². The van der Waals surface area contributed by atoms with Crippen molar-refractivity contribution in [1.82, 2.24) is 0 Å². The monoisotopic (exact) mass is 350 g/mol. The molecule has 0 unspecified atom stereocenters. The number of carbonyl (C=O) groups excluding carboxylic acids is 1. The molecule has 24 heavy (non-hydrogen) atoms. The first-order chi connectivity index (χ1) is 11.3. The fourth-order valence-electron chi connectivity index (χ4n) is 2.68. The van der Waals surface area contributed by atoms with Crippen LogP contribution in [0.15, 0.2) is 42.5 Å². The molecule has 6 heteroatoms. The number of esters is 1. The minimum atomic E-state index is -1.90. The zero-order valence-electron chi connectivity index (χ0n) is 14.6. The van der Waals surface area contributed by atoms with E-state index in [1.807, 2.05) is 30.3 Å². The predicted molar refractivity (Wildman–Crippen MR) is 94.1 cm³/mol. The van der Waals surface area contributed by atoms with Crippen LogP contribution in [0.3, 0.4) is 0 Å². The molecule has 1 aliphatic heterocycles. The maximum Gasteiger partial charge on any atom is 0.330 e. The van der Waals surface area contributed by atoms with Gasteiger partial charge < -0.3 is 19.0 Å². The lowest BCUT2D eigenvalue weighted by Gasteiger charge is -2.27. The highest BCUT2D eigenvalue weighted by Gasteiger charge is 2.45. The second kappa shape index (κ2) is 8.07. The molecule has 4 atom stereocenters. The van der Waals surface area contributed by atoms with Gasteiger partial charge in [0.05, 0.1) is 6.61 Å². The quantitative estimate of drug-likeness (QED) is 0.485. The Morgan fingerprint density at radius 3 is 2.54 bits per heavy atom. The van der Waals surface area contributed by atoms with Gasteiger partial charge in [-0.25, -0.2) is 4.79 Å². The van der Waals surface area contributed by atoms with Crippen LogP contribution in [0.25, 0.3) is 0 Å². The molecule has 0 aromatic heterocycles. The number of ether oxygens (including phenoxy) is 2. The summed E-state index contributed by atoms with van der Waals surface area (Å²) in [6.45, 7) is 8.24. The zero-order valence-corrected chi connectivity index (χ0v) is 15.6. The van der Waals surface area contributed by atoms with Crippen molar-refractivity contribution in [2.75, 3.05) is 6.61 Å². The first kappa shape index (κ1) is 18.9. The third-order valence-electron chi connectivity index (χ3n) is 3.60. The Bertz CT molecular complexity index is 567. The number of carbonyl (C=O) groups is 1. The van der Waals surface area contributed by atoms with Gasteiger partial charge in [0.25, 0.3) is 0 Å². The van der Waals surface area contributed by atoms with Crippen molar-refractivity contribution in [3.8, 4) is 0 Å². The predicted octanol–water partition coefficient (Wildman–Crippen LogP) is 2.83. The third kappa shape index (κ3) is 5.01. The molecule has 5 nitrogen and oxygen atoms in total. The lowest BCUT2D eigenvalue weighted by molar-refractivity contribution is -0.137. The summed E-state index contributed by atoms with van der Waals surface area (Å²) in [5.41, 5.74) is 0.890. The average molecular weight is 350 g/mol. The minimum Gasteiger partial charge on any atom is -0.463 e. The van der Waals surface area contributed by atoms with E-state index in [4.69, 9.17) is 13.9 Å². The summed E-state index contributed by atoms with van der Waals surface area (Å²) in [5.74, 6) is -0.425. The van der Waals surface area contributed by atoms with Gasteiger partial charge in [0.2, 0.25) is 0 Å². The van der Waals surface area contributed by atoms with Crippen LogP contribution in [0.5, 0.6) is 0 Å². The van der Waals surface area contributed by atoms with Crippen molar-refractivity contribution < 1.29 is 23.8 Å². The molecule has 0 radical (unpaired) electrons. The minimum absolute atomic E-state index is 0.318. The van der Waals surface area contributed by atoms with E-state index in [0.717, 1.165) is 5.56 Å². The van der Waals surface area contributed by atoms with Gasteiger partial charge in [-0.1, -0.05) is 30.3 Å². The summed E-state index contributed by atoms with van der Waals surface area (Å²) in [5, 5.41) is 10.7. The number of hydrogen-bond donors (Lipinski definition) is 1. The molecule has 1 aromatic carbocycles. The van der Waals surface area contributed by atoms with E-state index in [9.17, 15) is 9.90 Å². The second-order valence-corrected chi connectivity index (χ2v) is 11.2. The van der Waals surface area contributed by atoms with E-state index in [2.05, 4.69) is 19.6 Å². The van der Waals surface area contributed by atoms with E-state index < -0.39 is 38.7 Å². The van der Waals surface area contributed by atoms with E-state index >= 15 is 0 Å². The molecular formula is C18H26O5Si. The Hall–Kier alpha value is -1.47. The molecule has 1 fully saturated rings. The zero-order chi connectivity index (χ0) is 17.7. The van der Waals surface area contributed by atoms with Crippen molar-refractivity contribution in [2.24, 2.45) is 0 Å². The average Bonchev–Trinajstić information content (AvgIpc) is 2.82. The lowest BCUT2D eigenvalue weighted by atomic mass is 10.0. The number of aliphatic hydroxyl groups is 1. The highest BCUT2D eigenvalue weighted by molar-refractivity contribution is 6.69. The first-order valence-corrected chi connectivity index (χ1v) is 11.6. The highest BCUT2D eigenvalue weighted by Crippen LogP contribution is 2.36. The summed E-state index contributed by atoms with van der Waals surface area (Å²) in [6, 6.07) is 9.55. The number of benzene rings is 1. The summed E-state index contributed by atoms with van der Waals surface area (Å²) in [6.07, 6.45) is 0.679.